The van der Waals surface area contributed by atoms with Gasteiger partial charge in [0.05, 0.1) is 19.4 Å². The number of hydrogen-bond acceptors (Lipinski definition) is 5. The second kappa shape index (κ2) is 8.74. The molecule has 0 aromatic rings. The van der Waals surface area contributed by atoms with Crippen LogP contribution in [-0.4, -0.2) is 32.0 Å². The molecular formula is C10H21O5P. The molecule has 0 spiro atoms. The maximum absolute atomic E-state index is 12.1. The highest BCUT2D eigenvalue weighted by molar-refractivity contribution is 7.53. The standard InChI is InChI=1S/C10H21O5P/c1-4-6-14-16(12,15-7-5-2)9-8-13-10(3)11/h4-9H2,1-3H3. The van der Waals surface area contributed by atoms with Gasteiger partial charge in [-0.2, -0.15) is 0 Å². The van der Waals surface area contributed by atoms with Crippen LogP contribution in [0.5, 0.6) is 0 Å². The van der Waals surface area contributed by atoms with Gasteiger partial charge in [-0.3, -0.25) is 9.36 Å². The van der Waals surface area contributed by atoms with Crippen LogP contribution >= 0.6 is 7.60 Å². The summed E-state index contributed by atoms with van der Waals surface area (Å²) in [5, 5.41) is 0. The third kappa shape index (κ3) is 7.85. The third-order valence-corrected chi connectivity index (χ3v) is 3.54. The quantitative estimate of drug-likeness (QED) is 0.466. The molecule has 0 aromatic heterocycles. The van der Waals surface area contributed by atoms with E-state index in [1.165, 1.54) is 6.92 Å². The number of carbonyl (C=O) groups excluding carboxylic acids is 1. The number of rotatable bonds is 9. The van der Waals surface area contributed by atoms with Crippen LogP contribution in [0.3, 0.4) is 0 Å². The Kier molecular flexibility index (Phi) is 8.53. The van der Waals surface area contributed by atoms with E-state index < -0.39 is 13.6 Å². The smallest absolute Gasteiger partial charge is 0.334 e. The lowest BCUT2D eigenvalue weighted by atomic mass is 10.5. The summed E-state index contributed by atoms with van der Waals surface area (Å²) in [6.45, 7) is 6.01. The molecule has 0 unspecified atom stereocenters. The van der Waals surface area contributed by atoms with Crippen molar-refractivity contribution in [3.63, 3.8) is 0 Å². The number of ether oxygens (including phenoxy) is 1. The van der Waals surface area contributed by atoms with Gasteiger partial charge < -0.3 is 13.8 Å². The van der Waals surface area contributed by atoms with Crippen LogP contribution in [-0.2, 0) is 23.1 Å². The molecule has 0 saturated heterocycles. The van der Waals surface area contributed by atoms with Crippen molar-refractivity contribution in [3.8, 4) is 0 Å². The van der Waals surface area contributed by atoms with E-state index in [1.807, 2.05) is 13.8 Å². The molecule has 0 aromatic carbocycles. The molecule has 0 aliphatic carbocycles. The first kappa shape index (κ1) is 15.6. The average Bonchev–Trinajstić information content (AvgIpc) is 2.23. The molecule has 0 aliphatic rings. The highest BCUT2D eigenvalue weighted by atomic mass is 31.2. The lowest BCUT2D eigenvalue weighted by Gasteiger charge is -2.17. The number of esters is 1. The zero-order chi connectivity index (χ0) is 12.4. The molecule has 0 bridgehead atoms. The van der Waals surface area contributed by atoms with Gasteiger partial charge in [-0.1, -0.05) is 13.8 Å². The van der Waals surface area contributed by atoms with Crippen molar-refractivity contribution in [2.75, 3.05) is 26.0 Å². The summed E-state index contributed by atoms with van der Waals surface area (Å²) in [6.07, 6.45) is 1.66. The number of hydrogen-bond donors (Lipinski definition) is 0. The molecule has 0 aliphatic heterocycles. The van der Waals surface area contributed by atoms with Gasteiger partial charge in [0, 0.05) is 6.92 Å². The van der Waals surface area contributed by atoms with Crippen LogP contribution in [0.1, 0.15) is 33.6 Å². The summed E-state index contributed by atoms with van der Waals surface area (Å²) < 4.78 is 27.2. The van der Waals surface area contributed by atoms with Crippen molar-refractivity contribution in [1.82, 2.24) is 0 Å². The molecule has 16 heavy (non-hydrogen) atoms. The van der Waals surface area contributed by atoms with Crippen molar-refractivity contribution in [2.24, 2.45) is 0 Å². The third-order valence-electron chi connectivity index (χ3n) is 1.65. The van der Waals surface area contributed by atoms with Gasteiger partial charge in [0.15, 0.2) is 0 Å². The highest BCUT2D eigenvalue weighted by Gasteiger charge is 2.24. The van der Waals surface area contributed by atoms with Gasteiger partial charge in [0.25, 0.3) is 0 Å². The maximum Gasteiger partial charge on any atom is 0.334 e. The molecule has 6 heteroatoms. The first-order chi connectivity index (χ1) is 7.54. The molecule has 0 heterocycles. The fourth-order valence-corrected chi connectivity index (χ4v) is 2.50. The Balaban J connectivity index is 4.07. The molecule has 0 fully saturated rings. The largest absolute Gasteiger partial charge is 0.465 e. The Morgan fingerprint density at radius 1 is 1.06 bits per heavy atom. The average molecular weight is 252 g/mol. The van der Waals surface area contributed by atoms with Crippen molar-refractivity contribution in [3.05, 3.63) is 0 Å². The van der Waals surface area contributed by atoms with Crippen LogP contribution in [0.4, 0.5) is 0 Å². The molecule has 0 atom stereocenters. The van der Waals surface area contributed by atoms with Gasteiger partial charge in [-0.05, 0) is 12.8 Å². The predicted molar refractivity (Wildman–Crippen MR) is 61.6 cm³/mol. The summed E-state index contributed by atoms with van der Waals surface area (Å²) in [5.41, 5.74) is 0. The SMILES string of the molecule is CCCOP(=O)(CCOC(C)=O)OCCC. The summed E-state index contributed by atoms with van der Waals surface area (Å²) in [6, 6.07) is 0. The van der Waals surface area contributed by atoms with E-state index in [1.54, 1.807) is 0 Å². The predicted octanol–water partition coefficient (Wildman–Crippen LogP) is 2.60. The Morgan fingerprint density at radius 3 is 1.94 bits per heavy atom. The Bertz CT molecular complexity index is 229. The lowest BCUT2D eigenvalue weighted by molar-refractivity contribution is -0.140. The zero-order valence-electron chi connectivity index (χ0n) is 10.2. The number of carbonyl (C=O) groups is 1. The summed E-state index contributed by atoms with van der Waals surface area (Å²) >= 11 is 0. The molecule has 5 nitrogen and oxygen atoms in total. The van der Waals surface area contributed by atoms with Crippen molar-refractivity contribution in [2.45, 2.75) is 33.6 Å². The molecule has 0 radical (unpaired) electrons. The van der Waals surface area contributed by atoms with E-state index in [-0.39, 0.29) is 12.8 Å². The minimum atomic E-state index is -3.09. The highest BCUT2D eigenvalue weighted by Crippen LogP contribution is 2.47. The molecule has 0 rings (SSSR count). The van der Waals surface area contributed by atoms with Gasteiger partial charge in [-0.15, -0.1) is 0 Å². The molecule has 0 amide bonds. The molecule has 0 saturated carbocycles. The zero-order valence-corrected chi connectivity index (χ0v) is 11.1. The van der Waals surface area contributed by atoms with Gasteiger partial charge in [0.2, 0.25) is 0 Å². The minimum Gasteiger partial charge on any atom is -0.465 e. The van der Waals surface area contributed by atoms with E-state index in [4.69, 9.17) is 13.8 Å². The second-order valence-corrected chi connectivity index (χ2v) is 5.53. The Labute approximate surface area is 97.0 Å². The van der Waals surface area contributed by atoms with Gasteiger partial charge >= 0.3 is 13.6 Å². The normalized spacial score (nSPS) is 11.4. The van der Waals surface area contributed by atoms with Crippen molar-refractivity contribution < 1.29 is 23.1 Å². The van der Waals surface area contributed by atoms with Crippen LogP contribution in [0, 0.1) is 0 Å². The summed E-state index contributed by atoms with van der Waals surface area (Å²) in [7, 11) is -3.09. The van der Waals surface area contributed by atoms with E-state index in [0.29, 0.717) is 13.2 Å². The monoisotopic (exact) mass is 252 g/mol. The lowest BCUT2D eigenvalue weighted by Crippen LogP contribution is -2.09. The maximum atomic E-state index is 12.1. The summed E-state index contributed by atoms with van der Waals surface area (Å²) in [5.74, 6) is -0.391. The first-order valence-electron chi connectivity index (χ1n) is 5.55. The van der Waals surface area contributed by atoms with E-state index in [9.17, 15) is 9.36 Å². The minimum absolute atomic E-state index is 0.0695. The van der Waals surface area contributed by atoms with Crippen molar-refractivity contribution >= 4 is 13.6 Å². The van der Waals surface area contributed by atoms with Gasteiger partial charge in [-0.25, -0.2) is 0 Å². The van der Waals surface area contributed by atoms with E-state index >= 15 is 0 Å². The van der Waals surface area contributed by atoms with Crippen LogP contribution in [0.25, 0.3) is 0 Å². The van der Waals surface area contributed by atoms with E-state index in [2.05, 4.69) is 0 Å². The van der Waals surface area contributed by atoms with E-state index in [0.717, 1.165) is 12.8 Å². The molecule has 0 N–H and O–H groups in total. The molecular weight excluding hydrogens is 231 g/mol. The first-order valence-corrected chi connectivity index (χ1v) is 7.28. The Hall–Kier alpha value is -0.380. The topological polar surface area (TPSA) is 61.8 Å². The molecule has 96 valence electrons. The van der Waals surface area contributed by atoms with Gasteiger partial charge in [0.1, 0.15) is 6.61 Å². The second-order valence-electron chi connectivity index (χ2n) is 3.34. The van der Waals surface area contributed by atoms with Crippen LogP contribution in [0.2, 0.25) is 0 Å². The van der Waals surface area contributed by atoms with Crippen LogP contribution in [0.15, 0.2) is 0 Å². The van der Waals surface area contributed by atoms with Crippen LogP contribution < -0.4 is 0 Å². The fraction of sp³-hybridized carbons (Fsp3) is 0.900. The fourth-order valence-electron chi connectivity index (χ4n) is 0.928. The Morgan fingerprint density at radius 2 is 1.56 bits per heavy atom. The van der Waals surface area contributed by atoms with Crippen molar-refractivity contribution in [1.29, 1.82) is 0 Å². The summed E-state index contributed by atoms with van der Waals surface area (Å²) in [4.78, 5) is 10.6.